The van der Waals surface area contributed by atoms with Crippen LogP contribution in [0.2, 0.25) is 5.02 Å². The lowest BCUT2D eigenvalue weighted by molar-refractivity contribution is -0.118. The van der Waals surface area contributed by atoms with Crippen molar-refractivity contribution < 1.29 is 13.9 Å². The third kappa shape index (κ3) is 5.16. The Morgan fingerprint density at radius 3 is 2.73 bits per heavy atom. The molecule has 1 heterocycles. The second-order valence-corrected chi connectivity index (χ2v) is 7.28. The van der Waals surface area contributed by atoms with E-state index in [2.05, 4.69) is 15.4 Å². The normalized spacial score (nSPS) is 11.1. The van der Waals surface area contributed by atoms with E-state index in [9.17, 15) is 18.8 Å². The van der Waals surface area contributed by atoms with Crippen LogP contribution in [0, 0.1) is 5.82 Å². The molecule has 1 amide bonds. The Kier molecular flexibility index (Phi) is 6.32. The van der Waals surface area contributed by atoms with Gasteiger partial charge in [-0.2, -0.15) is 5.10 Å². The van der Waals surface area contributed by atoms with Crippen molar-refractivity contribution in [1.29, 1.82) is 0 Å². The van der Waals surface area contributed by atoms with E-state index < -0.39 is 23.0 Å². The minimum atomic E-state index is -0.676. The van der Waals surface area contributed by atoms with Crippen LogP contribution in [-0.4, -0.2) is 28.4 Å². The number of nitrogens with one attached hydrogen (secondary N) is 2. The molecule has 0 radical (unpaired) electrons. The van der Waals surface area contributed by atoms with Gasteiger partial charge in [-0.3, -0.25) is 9.59 Å². The van der Waals surface area contributed by atoms with Crippen molar-refractivity contribution in [3.05, 3.63) is 104 Å². The van der Waals surface area contributed by atoms with Crippen molar-refractivity contribution in [2.24, 2.45) is 5.10 Å². The maximum absolute atomic E-state index is 13.2. The van der Waals surface area contributed by atoms with Gasteiger partial charge in [0.05, 0.1) is 22.1 Å². The van der Waals surface area contributed by atoms with Gasteiger partial charge in [0.2, 0.25) is 0 Å². The molecule has 8 nitrogen and oxygen atoms in total. The molecule has 0 aliphatic rings. The number of aromatic nitrogens is 2. The van der Waals surface area contributed by atoms with Crippen molar-refractivity contribution in [2.45, 2.75) is 0 Å². The average Bonchev–Trinajstić information content (AvgIpc) is 2.78. The van der Waals surface area contributed by atoms with E-state index in [1.165, 1.54) is 36.5 Å². The highest BCUT2D eigenvalue weighted by atomic mass is 35.5. The van der Waals surface area contributed by atoms with E-state index in [1.54, 1.807) is 36.4 Å². The number of halogens is 2. The zero-order valence-corrected chi connectivity index (χ0v) is 17.7. The van der Waals surface area contributed by atoms with E-state index in [1.807, 2.05) is 0 Å². The fraction of sp³-hybridized carbons (Fsp3) is 0.0435. The largest absolute Gasteiger partial charge is 0.482 e. The summed E-state index contributed by atoms with van der Waals surface area (Å²) >= 11 is 6.21. The number of aromatic amines is 1. The minimum absolute atomic E-state index is 0.192. The summed E-state index contributed by atoms with van der Waals surface area (Å²) in [4.78, 5) is 39.3. The average molecular weight is 467 g/mol. The molecule has 0 atom stereocenters. The first-order valence-corrected chi connectivity index (χ1v) is 10.0. The standard InChI is InChI=1S/C23H16ClFN4O4/c24-18-10-14(12-26-29-22(31)17-6-1-2-7-19(17)28-23(29)32)8-9-20(18)33-13-21(30)27-16-5-3-4-15(25)11-16/h1-12H,13H2,(H,27,30)(H,28,32). The summed E-state index contributed by atoms with van der Waals surface area (Å²) in [6.07, 6.45) is 1.30. The molecule has 10 heteroatoms. The predicted molar refractivity (Wildman–Crippen MR) is 124 cm³/mol. The summed E-state index contributed by atoms with van der Waals surface area (Å²) in [6.45, 7) is -0.342. The van der Waals surface area contributed by atoms with Gasteiger partial charge in [-0.25, -0.2) is 9.18 Å². The molecule has 4 aromatic rings. The van der Waals surface area contributed by atoms with Crippen LogP contribution in [0.3, 0.4) is 0 Å². The Morgan fingerprint density at radius 1 is 1.12 bits per heavy atom. The molecular weight excluding hydrogens is 451 g/mol. The number of carbonyl (C=O) groups excluding carboxylic acids is 1. The number of ether oxygens (including phenoxy) is 1. The van der Waals surface area contributed by atoms with Gasteiger partial charge in [0, 0.05) is 5.69 Å². The lowest BCUT2D eigenvalue weighted by Gasteiger charge is -2.09. The topological polar surface area (TPSA) is 106 Å². The summed E-state index contributed by atoms with van der Waals surface area (Å²) < 4.78 is 19.3. The predicted octanol–water partition coefficient (Wildman–Crippen LogP) is 3.38. The molecule has 0 saturated heterocycles. The van der Waals surface area contributed by atoms with E-state index >= 15 is 0 Å². The van der Waals surface area contributed by atoms with E-state index in [0.29, 0.717) is 22.2 Å². The summed E-state index contributed by atoms with van der Waals surface area (Å²) in [7, 11) is 0. The smallest absolute Gasteiger partial charge is 0.349 e. The zero-order valence-electron chi connectivity index (χ0n) is 16.9. The maximum Gasteiger partial charge on any atom is 0.349 e. The zero-order chi connectivity index (χ0) is 23.4. The number of para-hydroxylation sites is 1. The molecule has 0 unspecified atom stereocenters. The van der Waals surface area contributed by atoms with Crippen LogP contribution < -0.4 is 21.3 Å². The Bertz CT molecular complexity index is 1500. The Hall–Kier alpha value is -4.24. The van der Waals surface area contributed by atoms with Crippen LogP contribution in [0.1, 0.15) is 5.56 Å². The number of carbonyl (C=O) groups is 1. The van der Waals surface area contributed by atoms with Gasteiger partial charge in [0.15, 0.2) is 6.61 Å². The van der Waals surface area contributed by atoms with E-state index in [0.717, 1.165) is 4.68 Å². The van der Waals surface area contributed by atoms with E-state index in [4.69, 9.17) is 16.3 Å². The molecule has 2 N–H and O–H groups in total. The highest BCUT2D eigenvalue weighted by Gasteiger charge is 2.09. The van der Waals surface area contributed by atoms with Crippen molar-refractivity contribution in [2.75, 3.05) is 11.9 Å². The fourth-order valence-corrected chi connectivity index (χ4v) is 3.25. The number of nitrogens with zero attached hydrogens (tertiary/aromatic N) is 2. The molecular formula is C23H16ClFN4O4. The lowest BCUT2D eigenvalue weighted by atomic mass is 10.2. The summed E-state index contributed by atoms with van der Waals surface area (Å²) in [5, 5.41) is 7.00. The first-order chi connectivity index (χ1) is 15.9. The van der Waals surface area contributed by atoms with Crippen molar-refractivity contribution in [1.82, 2.24) is 9.66 Å². The molecule has 0 aliphatic heterocycles. The van der Waals surface area contributed by atoms with Gasteiger partial charge in [-0.1, -0.05) is 29.8 Å². The summed E-state index contributed by atoms with van der Waals surface area (Å²) in [5.41, 5.74) is -0.00704. The number of H-pyrrole nitrogens is 1. The molecule has 0 saturated carbocycles. The second kappa shape index (κ2) is 9.49. The molecule has 4 rings (SSSR count). The highest BCUT2D eigenvalue weighted by molar-refractivity contribution is 6.32. The van der Waals surface area contributed by atoms with Crippen molar-refractivity contribution in [3.63, 3.8) is 0 Å². The first kappa shape index (κ1) is 22.0. The van der Waals surface area contributed by atoms with Gasteiger partial charge in [-0.05, 0) is 54.1 Å². The van der Waals surface area contributed by atoms with Crippen LogP contribution in [0.5, 0.6) is 5.75 Å². The van der Waals surface area contributed by atoms with Crippen LogP contribution in [0.4, 0.5) is 10.1 Å². The monoisotopic (exact) mass is 466 g/mol. The van der Waals surface area contributed by atoms with Crippen LogP contribution in [-0.2, 0) is 4.79 Å². The van der Waals surface area contributed by atoms with E-state index in [-0.39, 0.29) is 17.4 Å². The molecule has 1 aromatic heterocycles. The van der Waals surface area contributed by atoms with Gasteiger partial charge in [-0.15, -0.1) is 4.68 Å². The number of amides is 1. The quantitative estimate of drug-likeness (QED) is 0.425. The minimum Gasteiger partial charge on any atom is -0.482 e. The van der Waals surface area contributed by atoms with Gasteiger partial charge >= 0.3 is 5.69 Å². The third-order valence-electron chi connectivity index (χ3n) is 4.53. The second-order valence-electron chi connectivity index (χ2n) is 6.87. The molecule has 166 valence electrons. The molecule has 0 aliphatic carbocycles. The molecule has 33 heavy (non-hydrogen) atoms. The number of fused-ring (bicyclic) bond motifs is 1. The van der Waals surface area contributed by atoms with Crippen LogP contribution in [0.15, 0.2) is 81.4 Å². The van der Waals surface area contributed by atoms with Gasteiger partial charge in [0.1, 0.15) is 11.6 Å². The number of anilines is 1. The summed E-state index contributed by atoms with van der Waals surface area (Å²) in [6, 6.07) is 16.7. The Labute approximate surface area is 190 Å². The number of hydrogen-bond donors (Lipinski definition) is 2. The lowest BCUT2D eigenvalue weighted by Crippen LogP contribution is -2.32. The van der Waals surface area contributed by atoms with Crippen molar-refractivity contribution >= 4 is 40.3 Å². The number of benzene rings is 3. The Balaban J connectivity index is 1.45. The SMILES string of the molecule is O=C(COc1ccc(C=Nn2c(=O)[nH]c3ccccc3c2=O)cc1Cl)Nc1cccc(F)c1. The van der Waals surface area contributed by atoms with Gasteiger partial charge in [0.25, 0.3) is 11.5 Å². The summed E-state index contributed by atoms with van der Waals surface area (Å²) in [5.74, 6) is -0.719. The van der Waals surface area contributed by atoms with Gasteiger partial charge < -0.3 is 15.0 Å². The first-order valence-electron chi connectivity index (χ1n) is 9.67. The maximum atomic E-state index is 13.2. The number of rotatable bonds is 6. The molecule has 0 fully saturated rings. The van der Waals surface area contributed by atoms with Crippen molar-refractivity contribution in [3.8, 4) is 5.75 Å². The molecule has 0 spiro atoms. The highest BCUT2D eigenvalue weighted by Crippen LogP contribution is 2.25. The van der Waals surface area contributed by atoms with Crippen LogP contribution >= 0.6 is 11.6 Å². The molecule has 3 aromatic carbocycles. The third-order valence-corrected chi connectivity index (χ3v) is 4.82. The fourth-order valence-electron chi connectivity index (χ4n) is 3.00. The molecule has 0 bridgehead atoms. The van der Waals surface area contributed by atoms with Crippen LogP contribution in [0.25, 0.3) is 10.9 Å². The Morgan fingerprint density at radius 2 is 1.94 bits per heavy atom. The number of hydrogen-bond acceptors (Lipinski definition) is 5.